The van der Waals surface area contributed by atoms with Gasteiger partial charge in [0.1, 0.15) is 0 Å². The highest BCUT2D eigenvalue weighted by Gasteiger charge is 2.08. The third kappa shape index (κ3) is 6.55. The Morgan fingerprint density at radius 2 is 2.07 bits per heavy atom. The molecule has 15 heavy (non-hydrogen) atoms. The van der Waals surface area contributed by atoms with Crippen molar-refractivity contribution in [2.24, 2.45) is 0 Å². The van der Waals surface area contributed by atoms with Crippen LogP contribution in [0.5, 0.6) is 0 Å². The number of terminal acetylenes is 1. The van der Waals surface area contributed by atoms with Crippen molar-refractivity contribution in [3.05, 3.63) is 0 Å². The van der Waals surface area contributed by atoms with Crippen molar-refractivity contribution in [3.63, 3.8) is 0 Å². The van der Waals surface area contributed by atoms with E-state index in [0.717, 1.165) is 0 Å². The first kappa shape index (κ1) is 13.5. The Morgan fingerprint density at radius 1 is 1.40 bits per heavy atom. The van der Waals surface area contributed by atoms with E-state index in [1.807, 2.05) is 0 Å². The van der Waals surface area contributed by atoms with E-state index in [1.165, 1.54) is 7.11 Å². The second-order valence-corrected chi connectivity index (χ2v) is 3.20. The number of esters is 1. The second-order valence-electron chi connectivity index (χ2n) is 3.20. The molecule has 0 aliphatic heterocycles. The summed E-state index contributed by atoms with van der Waals surface area (Å²) in [7, 11) is 3.06. The monoisotopic (exact) mass is 211 g/mol. The maximum Gasteiger partial charge on any atom is 0.305 e. The van der Waals surface area contributed by atoms with Crippen LogP contribution in [-0.2, 0) is 14.3 Å². The molecule has 0 saturated carbocycles. The molecule has 0 unspecified atom stereocenters. The van der Waals surface area contributed by atoms with Crippen LogP contribution in [0.25, 0.3) is 0 Å². The first-order chi connectivity index (χ1) is 7.11. The summed E-state index contributed by atoms with van der Waals surface area (Å²) < 4.78 is 4.49. The van der Waals surface area contributed by atoms with E-state index in [2.05, 4.69) is 10.7 Å². The molecular weight excluding hydrogens is 194 g/mol. The number of ether oxygens (including phenoxy) is 1. The number of rotatable bonds is 6. The third-order valence-electron chi connectivity index (χ3n) is 2.01. The summed E-state index contributed by atoms with van der Waals surface area (Å²) in [6.07, 6.45) is 6.83. The minimum absolute atomic E-state index is 0.0119. The molecule has 0 saturated heterocycles. The Morgan fingerprint density at radius 3 is 2.60 bits per heavy atom. The summed E-state index contributed by atoms with van der Waals surface area (Å²) >= 11 is 0. The van der Waals surface area contributed by atoms with Gasteiger partial charge in [0, 0.05) is 32.9 Å². The predicted molar refractivity (Wildman–Crippen MR) is 57.0 cm³/mol. The normalized spacial score (nSPS) is 9.13. The SMILES string of the molecule is C#CCCC(=O)N(C)CCCC(=O)OC. The lowest BCUT2D eigenvalue weighted by molar-refractivity contribution is -0.141. The van der Waals surface area contributed by atoms with Crippen LogP contribution in [0.3, 0.4) is 0 Å². The number of carbonyl (C=O) groups excluding carboxylic acids is 2. The molecule has 0 heterocycles. The largest absolute Gasteiger partial charge is 0.469 e. The number of hydrogen-bond acceptors (Lipinski definition) is 3. The molecule has 0 atom stereocenters. The molecule has 0 N–H and O–H groups in total. The van der Waals surface area contributed by atoms with Crippen LogP contribution in [0.1, 0.15) is 25.7 Å². The molecule has 1 amide bonds. The summed E-state index contributed by atoms with van der Waals surface area (Å²) in [6.45, 7) is 0.554. The quantitative estimate of drug-likeness (QED) is 0.482. The van der Waals surface area contributed by atoms with Gasteiger partial charge in [-0.3, -0.25) is 9.59 Å². The van der Waals surface area contributed by atoms with Crippen LogP contribution in [0.4, 0.5) is 0 Å². The fourth-order valence-corrected chi connectivity index (χ4v) is 1.06. The zero-order chi connectivity index (χ0) is 11.7. The van der Waals surface area contributed by atoms with Crippen molar-refractivity contribution in [1.29, 1.82) is 0 Å². The molecule has 0 fully saturated rings. The van der Waals surface area contributed by atoms with Crippen molar-refractivity contribution in [2.45, 2.75) is 25.7 Å². The van der Waals surface area contributed by atoms with Gasteiger partial charge in [0.25, 0.3) is 0 Å². The maximum absolute atomic E-state index is 11.4. The summed E-state index contributed by atoms with van der Waals surface area (Å²) in [5, 5.41) is 0. The molecule has 0 aliphatic carbocycles. The van der Waals surface area contributed by atoms with Crippen LogP contribution in [-0.4, -0.2) is 37.5 Å². The Balaban J connectivity index is 3.65. The molecule has 0 radical (unpaired) electrons. The number of nitrogens with zero attached hydrogens (tertiary/aromatic N) is 1. The smallest absolute Gasteiger partial charge is 0.305 e. The molecule has 4 nitrogen and oxygen atoms in total. The molecule has 0 aromatic carbocycles. The van der Waals surface area contributed by atoms with Gasteiger partial charge in [0.05, 0.1) is 7.11 Å². The summed E-state index contributed by atoms with van der Waals surface area (Å²) in [5.41, 5.74) is 0. The standard InChI is InChI=1S/C11H17NO3/c1-4-5-7-10(13)12(2)9-6-8-11(14)15-3/h1H,5-9H2,2-3H3. The first-order valence-corrected chi connectivity index (χ1v) is 4.86. The van der Waals surface area contributed by atoms with E-state index in [1.54, 1.807) is 11.9 Å². The molecule has 0 aromatic heterocycles. The molecule has 0 aliphatic rings. The summed E-state index contributed by atoms with van der Waals surface area (Å²) in [6, 6.07) is 0. The minimum atomic E-state index is -0.250. The highest BCUT2D eigenvalue weighted by atomic mass is 16.5. The van der Waals surface area contributed by atoms with E-state index < -0.39 is 0 Å². The van der Waals surface area contributed by atoms with Gasteiger partial charge >= 0.3 is 5.97 Å². The first-order valence-electron chi connectivity index (χ1n) is 4.86. The minimum Gasteiger partial charge on any atom is -0.469 e. The molecule has 4 heteroatoms. The number of carbonyl (C=O) groups is 2. The van der Waals surface area contributed by atoms with Gasteiger partial charge in [-0.25, -0.2) is 0 Å². The van der Waals surface area contributed by atoms with Crippen LogP contribution >= 0.6 is 0 Å². The fraction of sp³-hybridized carbons (Fsp3) is 0.636. The lowest BCUT2D eigenvalue weighted by Crippen LogP contribution is -2.27. The topological polar surface area (TPSA) is 46.6 Å². The number of methoxy groups -OCH3 is 1. The van der Waals surface area contributed by atoms with Gasteiger partial charge in [-0.2, -0.15) is 0 Å². The Kier molecular flexibility index (Phi) is 7.08. The maximum atomic E-state index is 11.4. The predicted octanol–water partition coefficient (Wildman–Crippen LogP) is 0.811. The van der Waals surface area contributed by atoms with Gasteiger partial charge < -0.3 is 9.64 Å². The van der Waals surface area contributed by atoms with Gasteiger partial charge in [-0.15, -0.1) is 12.3 Å². The van der Waals surface area contributed by atoms with E-state index in [9.17, 15) is 9.59 Å². The molecule has 0 spiro atoms. The lowest BCUT2D eigenvalue weighted by atomic mass is 10.2. The summed E-state index contributed by atoms with van der Waals surface area (Å²) in [4.78, 5) is 23.7. The Bertz CT molecular complexity index is 255. The van der Waals surface area contributed by atoms with Crippen molar-refractivity contribution in [3.8, 4) is 12.3 Å². The molecule has 84 valence electrons. The van der Waals surface area contributed by atoms with Gasteiger partial charge in [-0.05, 0) is 6.42 Å². The van der Waals surface area contributed by atoms with E-state index in [4.69, 9.17) is 6.42 Å². The van der Waals surface area contributed by atoms with E-state index in [0.29, 0.717) is 32.2 Å². The number of amides is 1. The van der Waals surface area contributed by atoms with Crippen LogP contribution in [0.2, 0.25) is 0 Å². The van der Waals surface area contributed by atoms with Crippen LogP contribution in [0, 0.1) is 12.3 Å². The Hall–Kier alpha value is -1.50. The molecule has 0 bridgehead atoms. The second kappa shape index (κ2) is 7.86. The average molecular weight is 211 g/mol. The lowest BCUT2D eigenvalue weighted by Gasteiger charge is -2.15. The fourth-order valence-electron chi connectivity index (χ4n) is 1.06. The van der Waals surface area contributed by atoms with Crippen molar-refractivity contribution >= 4 is 11.9 Å². The van der Waals surface area contributed by atoms with Crippen LogP contribution in [0.15, 0.2) is 0 Å². The highest BCUT2D eigenvalue weighted by molar-refractivity contribution is 5.76. The average Bonchev–Trinajstić information content (AvgIpc) is 2.25. The molecule has 0 aromatic rings. The van der Waals surface area contributed by atoms with E-state index >= 15 is 0 Å². The van der Waals surface area contributed by atoms with Crippen molar-refractivity contribution < 1.29 is 14.3 Å². The van der Waals surface area contributed by atoms with Gasteiger partial charge in [-0.1, -0.05) is 0 Å². The van der Waals surface area contributed by atoms with Gasteiger partial charge in [0.2, 0.25) is 5.91 Å². The highest BCUT2D eigenvalue weighted by Crippen LogP contribution is 1.99. The van der Waals surface area contributed by atoms with Crippen LogP contribution < -0.4 is 0 Å². The molecule has 0 rings (SSSR count). The van der Waals surface area contributed by atoms with Crippen molar-refractivity contribution in [1.82, 2.24) is 4.90 Å². The number of hydrogen-bond donors (Lipinski definition) is 0. The van der Waals surface area contributed by atoms with Gasteiger partial charge in [0.15, 0.2) is 0 Å². The zero-order valence-corrected chi connectivity index (χ0v) is 9.28. The summed E-state index contributed by atoms with van der Waals surface area (Å²) in [5.74, 6) is 2.18. The third-order valence-corrected chi connectivity index (χ3v) is 2.01. The van der Waals surface area contributed by atoms with E-state index in [-0.39, 0.29) is 11.9 Å². The van der Waals surface area contributed by atoms with Crippen molar-refractivity contribution in [2.75, 3.05) is 20.7 Å². The Labute approximate surface area is 90.6 Å². The zero-order valence-electron chi connectivity index (χ0n) is 9.28. The molecular formula is C11H17NO3.